The summed E-state index contributed by atoms with van der Waals surface area (Å²) in [5.41, 5.74) is 0.508. The van der Waals surface area contributed by atoms with Gasteiger partial charge in [0.05, 0.1) is 23.8 Å². The molecule has 0 bridgehead atoms. The molecule has 0 saturated carbocycles. The monoisotopic (exact) mass is 319 g/mol. The number of alkyl halides is 1. The molecule has 2 aromatic rings. The van der Waals surface area contributed by atoms with Crippen LogP contribution in [0.4, 0.5) is 4.39 Å². The minimum atomic E-state index is -1.37. The first-order valence-electron chi connectivity index (χ1n) is 7.60. The van der Waals surface area contributed by atoms with Crippen molar-refractivity contribution in [2.45, 2.75) is 31.7 Å². The standard InChI is InChI=1S/C16H18FN3O3/c17-12-8-20(9-14(12)21)15(22)6-3-7-19-10-18-13-5-2-1-4-11(13)16(19)23/h1-2,4-5,10,12,14,21H,3,6-9H2/t12-,14-/m1/s1. The number of hydrogen-bond acceptors (Lipinski definition) is 4. The summed E-state index contributed by atoms with van der Waals surface area (Å²) in [5.74, 6) is -0.203. The Balaban J connectivity index is 1.60. The number of hydrogen-bond donors (Lipinski definition) is 1. The van der Waals surface area contributed by atoms with Crippen molar-refractivity contribution < 1.29 is 14.3 Å². The third-order valence-electron chi connectivity index (χ3n) is 4.09. The molecule has 1 aromatic heterocycles. The van der Waals surface area contributed by atoms with Gasteiger partial charge in [0.2, 0.25) is 5.91 Å². The Kier molecular flexibility index (Phi) is 4.38. The van der Waals surface area contributed by atoms with Gasteiger partial charge in [-0.05, 0) is 18.6 Å². The van der Waals surface area contributed by atoms with E-state index >= 15 is 0 Å². The number of aromatic nitrogens is 2. The summed E-state index contributed by atoms with van der Waals surface area (Å²) in [6.45, 7) is 0.354. The Bertz CT molecular complexity index is 766. The summed E-state index contributed by atoms with van der Waals surface area (Å²) in [7, 11) is 0. The first-order valence-corrected chi connectivity index (χ1v) is 7.60. The van der Waals surface area contributed by atoms with E-state index < -0.39 is 12.3 Å². The van der Waals surface area contributed by atoms with Gasteiger partial charge in [-0.3, -0.25) is 14.2 Å². The highest BCUT2D eigenvalue weighted by Crippen LogP contribution is 2.15. The van der Waals surface area contributed by atoms with Crippen LogP contribution in [0.5, 0.6) is 0 Å². The van der Waals surface area contributed by atoms with Crippen molar-refractivity contribution in [3.63, 3.8) is 0 Å². The van der Waals surface area contributed by atoms with Crippen molar-refractivity contribution in [1.29, 1.82) is 0 Å². The normalized spacial score (nSPS) is 21.0. The van der Waals surface area contributed by atoms with Crippen molar-refractivity contribution in [2.24, 2.45) is 0 Å². The molecule has 1 saturated heterocycles. The Morgan fingerprint density at radius 3 is 2.87 bits per heavy atom. The van der Waals surface area contributed by atoms with E-state index in [-0.39, 0.29) is 31.0 Å². The molecule has 0 aliphatic carbocycles. The van der Waals surface area contributed by atoms with Crippen LogP contribution in [0.15, 0.2) is 35.4 Å². The van der Waals surface area contributed by atoms with Crippen LogP contribution in [0.1, 0.15) is 12.8 Å². The van der Waals surface area contributed by atoms with E-state index in [9.17, 15) is 19.1 Å². The lowest BCUT2D eigenvalue weighted by molar-refractivity contribution is -0.130. The zero-order valence-corrected chi connectivity index (χ0v) is 12.6. The fraction of sp³-hybridized carbons (Fsp3) is 0.438. The highest BCUT2D eigenvalue weighted by Gasteiger charge is 2.33. The zero-order valence-electron chi connectivity index (χ0n) is 12.6. The van der Waals surface area contributed by atoms with Crippen LogP contribution in [-0.2, 0) is 11.3 Å². The Labute approximate surface area is 132 Å². The molecule has 2 heterocycles. The van der Waals surface area contributed by atoms with Crippen LogP contribution in [0.2, 0.25) is 0 Å². The fourth-order valence-corrected chi connectivity index (χ4v) is 2.77. The van der Waals surface area contributed by atoms with E-state index in [0.29, 0.717) is 23.9 Å². The lowest BCUT2D eigenvalue weighted by Crippen LogP contribution is -2.30. The number of amides is 1. The molecule has 1 aliphatic heterocycles. The largest absolute Gasteiger partial charge is 0.388 e. The van der Waals surface area contributed by atoms with Crippen LogP contribution in [0.25, 0.3) is 10.9 Å². The summed E-state index contributed by atoms with van der Waals surface area (Å²) >= 11 is 0. The molecular weight excluding hydrogens is 301 g/mol. The predicted molar refractivity (Wildman–Crippen MR) is 82.7 cm³/mol. The fourth-order valence-electron chi connectivity index (χ4n) is 2.77. The van der Waals surface area contributed by atoms with E-state index in [4.69, 9.17) is 0 Å². The minimum absolute atomic E-state index is 0.0392. The summed E-state index contributed by atoms with van der Waals surface area (Å²) in [6, 6.07) is 7.10. The number of likely N-dealkylation sites (tertiary alicyclic amines) is 1. The van der Waals surface area contributed by atoms with E-state index in [1.807, 2.05) is 6.07 Å². The highest BCUT2D eigenvalue weighted by atomic mass is 19.1. The number of fused-ring (bicyclic) bond motifs is 1. The van der Waals surface area contributed by atoms with Crippen molar-refractivity contribution in [3.05, 3.63) is 40.9 Å². The molecule has 0 unspecified atom stereocenters. The van der Waals surface area contributed by atoms with E-state index in [0.717, 1.165) is 0 Å². The molecule has 3 rings (SSSR count). The number of rotatable bonds is 4. The number of aryl methyl sites for hydroxylation is 1. The van der Waals surface area contributed by atoms with Gasteiger partial charge in [0.25, 0.3) is 5.56 Å². The molecule has 1 fully saturated rings. The number of halogens is 1. The van der Waals surface area contributed by atoms with Crippen LogP contribution < -0.4 is 5.56 Å². The quantitative estimate of drug-likeness (QED) is 0.901. The highest BCUT2D eigenvalue weighted by molar-refractivity contribution is 5.77. The van der Waals surface area contributed by atoms with Gasteiger partial charge >= 0.3 is 0 Å². The van der Waals surface area contributed by atoms with E-state index in [1.165, 1.54) is 15.8 Å². The van der Waals surface area contributed by atoms with Gasteiger partial charge in [-0.2, -0.15) is 0 Å². The maximum Gasteiger partial charge on any atom is 0.261 e. The summed E-state index contributed by atoms with van der Waals surface area (Å²) in [4.78, 5) is 29.8. The predicted octanol–water partition coefficient (Wildman–Crippen LogP) is 0.718. The maximum absolute atomic E-state index is 13.2. The third kappa shape index (κ3) is 3.24. The average molecular weight is 319 g/mol. The maximum atomic E-state index is 13.2. The molecule has 122 valence electrons. The topological polar surface area (TPSA) is 75.4 Å². The number of β-amino-alcohol motifs (C(OH)–C–C–N with tert-alkyl or cyclic N) is 1. The van der Waals surface area contributed by atoms with Crippen molar-refractivity contribution >= 4 is 16.8 Å². The first kappa shape index (κ1) is 15.6. The van der Waals surface area contributed by atoms with Crippen LogP contribution in [-0.4, -0.2) is 50.8 Å². The van der Waals surface area contributed by atoms with Gasteiger partial charge < -0.3 is 10.0 Å². The second-order valence-electron chi connectivity index (χ2n) is 5.75. The molecule has 7 heteroatoms. The molecule has 0 spiro atoms. The van der Waals surface area contributed by atoms with Crippen LogP contribution >= 0.6 is 0 Å². The number of carbonyl (C=O) groups excluding carboxylic acids is 1. The molecule has 0 radical (unpaired) electrons. The first-order chi connectivity index (χ1) is 11.1. The Morgan fingerprint density at radius 1 is 1.35 bits per heavy atom. The Morgan fingerprint density at radius 2 is 2.13 bits per heavy atom. The van der Waals surface area contributed by atoms with Gasteiger partial charge in [-0.15, -0.1) is 0 Å². The molecular formula is C16H18FN3O3. The zero-order chi connectivity index (χ0) is 16.4. The average Bonchev–Trinajstić information content (AvgIpc) is 2.89. The second kappa shape index (κ2) is 6.45. The van der Waals surface area contributed by atoms with Crippen LogP contribution in [0, 0.1) is 0 Å². The van der Waals surface area contributed by atoms with Crippen molar-refractivity contribution in [1.82, 2.24) is 14.5 Å². The molecule has 1 amide bonds. The SMILES string of the molecule is O=C(CCCn1cnc2ccccc2c1=O)N1C[C@@H](O)[C@H](F)C1. The van der Waals surface area contributed by atoms with E-state index in [2.05, 4.69) is 4.98 Å². The molecule has 2 atom stereocenters. The van der Waals surface area contributed by atoms with Crippen molar-refractivity contribution in [2.75, 3.05) is 13.1 Å². The molecule has 1 aliphatic rings. The number of benzene rings is 1. The number of aliphatic hydroxyl groups is 1. The van der Waals surface area contributed by atoms with Gasteiger partial charge in [-0.25, -0.2) is 9.37 Å². The van der Waals surface area contributed by atoms with Gasteiger partial charge in [0.1, 0.15) is 12.3 Å². The molecule has 1 N–H and O–H groups in total. The lowest BCUT2D eigenvalue weighted by atomic mass is 10.2. The van der Waals surface area contributed by atoms with Gasteiger partial charge in [0.15, 0.2) is 0 Å². The minimum Gasteiger partial charge on any atom is -0.388 e. The molecule has 6 nitrogen and oxygen atoms in total. The van der Waals surface area contributed by atoms with Crippen molar-refractivity contribution in [3.8, 4) is 0 Å². The lowest BCUT2D eigenvalue weighted by Gasteiger charge is -2.15. The summed E-state index contributed by atoms with van der Waals surface area (Å²) in [6.07, 6.45) is -0.314. The number of para-hydroxylation sites is 1. The van der Waals surface area contributed by atoms with Gasteiger partial charge in [-0.1, -0.05) is 12.1 Å². The number of aliphatic hydroxyl groups excluding tert-OH is 1. The Hall–Kier alpha value is -2.28. The smallest absolute Gasteiger partial charge is 0.261 e. The van der Waals surface area contributed by atoms with Crippen LogP contribution in [0.3, 0.4) is 0 Å². The van der Waals surface area contributed by atoms with E-state index in [1.54, 1.807) is 18.2 Å². The second-order valence-corrected chi connectivity index (χ2v) is 5.75. The van der Waals surface area contributed by atoms with Gasteiger partial charge in [0, 0.05) is 19.5 Å². The molecule has 1 aromatic carbocycles. The number of nitrogens with zero attached hydrogens (tertiary/aromatic N) is 3. The third-order valence-corrected chi connectivity index (χ3v) is 4.09. The molecule has 23 heavy (non-hydrogen) atoms. The number of carbonyl (C=O) groups is 1. The summed E-state index contributed by atoms with van der Waals surface area (Å²) < 4.78 is 14.7. The summed E-state index contributed by atoms with van der Waals surface area (Å²) in [5, 5.41) is 9.88.